The highest BCUT2D eigenvalue weighted by Gasteiger charge is 2.40. The van der Waals surface area contributed by atoms with Gasteiger partial charge in [0.25, 0.3) is 0 Å². The summed E-state index contributed by atoms with van der Waals surface area (Å²) in [6, 6.07) is 5.14. The first-order valence-electron chi connectivity index (χ1n) is 10.9. The lowest BCUT2D eigenvalue weighted by molar-refractivity contribution is -0.137. The van der Waals surface area contributed by atoms with Gasteiger partial charge in [0.2, 0.25) is 5.91 Å². The molecule has 10 heteroatoms. The van der Waals surface area contributed by atoms with Crippen LogP contribution in [-0.2, 0) is 30.4 Å². The van der Waals surface area contributed by atoms with Crippen LogP contribution in [0.3, 0.4) is 0 Å². The minimum atomic E-state index is -4.36. The average molecular weight is 456 g/mol. The molecule has 0 unspecified atom stereocenters. The van der Waals surface area contributed by atoms with Crippen molar-refractivity contribution in [3.8, 4) is 0 Å². The van der Waals surface area contributed by atoms with E-state index in [2.05, 4.69) is 15.0 Å². The Hall–Kier alpha value is -3.43. The van der Waals surface area contributed by atoms with Gasteiger partial charge in [-0.25, -0.2) is 9.97 Å². The van der Waals surface area contributed by atoms with Crippen LogP contribution in [0.5, 0.6) is 0 Å². The van der Waals surface area contributed by atoms with Crippen LogP contribution in [0.1, 0.15) is 35.4 Å². The molecule has 1 amide bonds. The van der Waals surface area contributed by atoms with Crippen LogP contribution in [0.2, 0.25) is 0 Å². The molecular weight excluding hydrogens is 433 g/mol. The number of fused-ring (bicyclic) bond motifs is 3. The number of alkyl halides is 3. The van der Waals surface area contributed by atoms with Crippen molar-refractivity contribution in [3.05, 3.63) is 65.4 Å². The molecule has 5 rings (SSSR count). The van der Waals surface area contributed by atoms with E-state index in [9.17, 15) is 18.0 Å². The highest BCUT2D eigenvalue weighted by molar-refractivity contribution is 6.04. The maximum Gasteiger partial charge on any atom is 0.416 e. The van der Waals surface area contributed by atoms with Crippen molar-refractivity contribution in [3.63, 3.8) is 0 Å². The fraction of sp³-hybridized carbons (Fsp3) is 0.391. The van der Waals surface area contributed by atoms with Crippen molar-refractivity contribution >= 4 is 17.4 Å². The van der Waals surface area contributed by atoms with Gasteiger partial charge >= 0.3 is 6.18 Å². The largest absolute Gasteiger partial charge is 0.416 e. The van der Waals surface area contributed by atoms with Crippen molar-refractivity contribution in [1.82, 2.24) is 19.7 Å². The van der Waals surface area contributed by atoms with E-state index in [1.54, 1.807) is 35.1 Å². The third-order valence-electron chi connectivity index (χ3n) is 6.22. The molecule has 7 nitrogen and oxygen atoms in total. The van der Waals surface area contributed by atoms with Gasteiger partial charge in [0.1, 0.15) is 17.6 Å². The van der Waals surface area contributed by atoms with Gasteiger partial charge in [-0.05, 0) is 42.5 Å². The molecule has 0 spiro atoms. The molecule has 1 aromatic carbocycles. The quantitative estimate of drug-likeness (QED) is 0.588. The van der Waals surface area contributed by atoms with Gasteiger partial charge in [-0.15, -0.1) is 0 Å². The van der Waals surface area contributed by atoms with Crippen LogP contribution >= 0.6 is 0 Å². The molecule has 1 saturated heterocycles. The molecule has 0 radical (unpaired) electrons. The van der Waals surface area contributed by atoms with Crippen LogP contribution in [0.15, 0.2) is 42.9 Å². The smallest absolute Gasteiger partial charge is 0.343 e. The van der Waals surface area contributed by atoms with Crippen molar-refractivity contribution in [1.29, 1.82) is 0 Å². The maximum atomic E-state index is 12.9. The summed E-state index contributed by atoms with van der Waals surface area (Å²) in [6.07, 6.45) is 3.95. The Bertz CT molecular complexity index is 1190. The molecule has 2 aliphatic heterocycles. The molecule has 33 heavy (non-hydrogen) atoms. The summed E-state index contributed by atoms with van der Waals surface area (Å²) in [6.45, 7) is 1.08. The maximum absolute atomic E-state index is 12.9. The van der Waals surface area contributed by atoms with E-state index >= 15 is 0 Å². The Morgan fingerprint density at radius 1 is 1.15 bits per heavy atom. The fourth-order valence-electron chi connectivity index (χ4n) is 4.50. The lowest BCUT2D eigenvalue weighted by atomic mass is 10.1. The van der Waals surface area contributed by atoms with E-state index in [1.807, 2.05) is 6.20 Å². The van der Waals surface area contributed by atoms with Crippen LogP contribution < -0.4 is 9.80 Å². The summed E-state index contributed by atoms with van der Waals surface area (Å²) in [5.41, 5.74) is 1.56. The molecular formula is C23H23F3N6O. The van der Waals surface area contributed by atoms with Gasteiger partial charge in [0, 0.05) is 26.2 Å². The summed E-state index contributed by atoms with van der Waals surface area (Å²) in [5, 5.41) is 4.29. The second kappa shape index (κ2) is 8.17. The summed E-state index contributed by atoms with van der Waals surface area (Å²) >= 11 is 0. The van der Waals surface area contributed by atoms with Gasteiger partial charge in [-0.2, -0.15) is 18.3 Å². The standard InChI is InChI=1S/C23H23F3N6O/c1-30-19-12-27-20(29-21(19)32-9-3-6-18(32)22(30)33)8-7-16-11-28-31(14-16)13-15-4-2-5-17(10-15)23(24,25)26/h2,4-5,10-12,14,18H,3,6-9,13H2,1H3/t18-/m0/s1. The minimum Gasteiger partial charge on any atom is -0.343 e. The van der Waals surface area contributed by atoms with Crippen LogP contribution in [0.4, 0.5) is 24.7 Å². The molecule has 1 atom stereocenters. The summed E-state index contributed by atoms with van der Waals surface area (Å²) in [7, 11) is 1.76. The fourth-order valence-corrected chi connectivity index (χ4v) is 4.50. The van der Waals surface area contributed by atoms with Crippen molar-refractivity contribution in [2.75, 3.05) is 23.4 Å². The van der Waals surface area contributed by atoms with Crippen LogP contribution in [0.25, 0.3) is 0 Å². The van der Waals surface area contributed by atoms with Crippen LogP contribution in [-0.4, -0.2) is 45.3 Å². The number of benzene rings is 1. The molecule has 172 valence electrons. The Morgan fingerprint density at radius 2 is 2.00 bits per heavy atom. The van der Waals surface area contributed by atoms with Gasteiger partial charge in [-0.3, -0.25) is 9.48 Å². The summed E-state index contributed by atoms with van der Waals surface area (Å²) in [5.74, 6) is 1.59. The first kappa shape index (κ1) is 21.4. The predicted octanol–water partition coefficient (Wildman–Crippen LogP) is 3.47. The zero-order chi connectivity index (χ0) is 23.2. The number of nitrogens with zero attached hydrogens (tertiary/aromatic N) is 6. The number of aryl methyl sites for hydroxylation is 2. The van der Waals surface area contributed by atoms with Gasteiger partial charge in [0.05, 0.1) is 24.5 Å². The number of rotatable bonds is 5. The minimum absolute atomic E-state index is 0.0875. The molecule has 3 aromatic rings. The SMILES string of the molecule is CN1C(=O)[C@@H]2CCCN2c2nc(CCc3cnn(Cc4cccc(C(F)(F)F)c4)c3)ncc21. The second-order valence-electron chi connectivity index (χ2n) is 8.49. The molecule has 0 aliphatic carbocycles. The monoisotopic (exact) mass is 456 g/mol. The molecule has 0 saturated carbocycles. The first-order chi connectivity index (χ1) is 15.8. The zero-order valence-corrected chi connectivity index (χ0v) is 18.1. The number of aromatic nitrogens is 4. The Labute approximate surface area is 188 Å². The number of carbonyl (C=O) groups excluding carboxylic acids is 1. The number of likely N-dealkylation sites (N-methyl/N-ethyl adjacent to an activating group) is 1. The van der Waals surface area contributed by atoms with Gasteiger partial charge in [-0.1, -0.05) is 12.1 Å². The molecule has 0 bridgehead atoms. The number of hydrogen-bond donors (Lipinski definition) is 0. The lowest BCUT2D eigenvalue weighted by Crippen LogP contribution is -2.49. The van der Waals surface area contributed by atoms with E-state index < -0.39 is 11.7 Å². The second-order valence-corrected chi connectivity index (χ2v) is 8.49. The Balaban J connectivity index is 1.26. The molecule has 2 aromatic heterocycles. The predicted molar refractivity (Wildman–Crippen MR) is 116 cm³/mol. The van der Waals surface area contributed by atoms with Gasteiger partial charge in [0.15, 0.2) is 5.82 Å². The number of carbonyl (C=O) groups is 1. The molecule has 4 heterocycles. The number of halogens is 3. The third kappa shape index (κ3) is 4.17. The Morgan fingerprint density at radius 3 is 2.82 bits per heavy atom. The third-order valence-corrected chi connectivity index (χ3v) is 6.22. The number of hydrogen-bond acceptors (Lipinski definition) is 5. The molecule has 2 aliphatic rings. The van der Waals surface area contributed by atoms with Crippen molar-refractivity contribution < 1.29 is 18.0 Å². The lowest BCUT2D eigenvalue weighted by Gasteiger charge is -2.36. The van der Waals surface area contributed by atoms with E-state index in [0.29, 0.717) is 24.2 Å². The average Bonchev–Trinajstić information content (AvgIpc) is 3.45. The molecule has 0 N–H and O–H groups in total. The van der Waals surface area contributed by atoms with E-state index in [4.69, 9.17) is 4.98 Å². The summed E-state index contributed by atoms with van der Waals surface area (Å²) in [4.78, 5) is 25.4. The van der Waals surface area contributed by atoms with Crippen molar-refractivity contribution in [2.24, 2.45) is 0 Å². The van der Waals surface area contributed by atoms with Gasteiger partial charge < -0.3 is 9.80 Å². The highest BCUT2D eigenvalue weighted by Crippen LogP contribution is 2.37. The van der Waals surface area contributed by atoms with E-state index in [0.717, 1.165) is 48.6 Å². The van der Waals surface area contributed by atoms with Crippen LogP contribution in [0, 0.1) is 0 Å². The first-order valence-corrected chi connectivity index (χ1v) is 10.9. The van der Waals surface area contributed by atoms with E-state index in [-0.39, 0.29) is 18.5 Å². The van der Waals surface area contributed by atoms with E-state index in [1.165, 1.54) is 6.07 Å². The van der Waals surface area contributed by atoms with Crippen molar-refractivity contribution in [2.45, 2.75) is 44.4 Å². The normalized spacial score (nSPS) is 17.9. The Kier molecular flexibility index (Phi) is 5.30. The molecule has 1 fully saturated rings. The summed E-state index contributed by atoms with van der Waals surface area (Å²) < 4.78 is 40.4. The highest BCUT2D eigenvalue weighted by atomic mass is 19.4. The number of anilines is 2. The topological polar surface area (TPSA) is 67.2 Å². The zero-order valence-electron chi connectivity index (χ0n) is 18.1. The number of amides is 1.